The van der Waals surface area contributed by atoms with Crippen LogP contribution in [0.1, 0.15) is 30.0 Å². The van der Waals surface area contributed by atoms with Crippen LogP contribution < -0.4 is 15.8 Å². The number of anilines is 1. The van der Waals surface area contributed by atoms with Crippen molar-refractivity contribution in [1.29, 1.82) is 0 Å². The first-order valence-corrected chi connectivity index (χ1v) is 7.50. The van der Waals surface area contributed by atoms with Gasteiger partial charge in [0.1, 0.15) is 5.75 Å². The topological polar surface area (TPSA) is 47.3 Å². The molecule has 0 bridgehead atoms. The number of hydrogen-bond acceptors (Lipinski definition) is 3. The molecule has 0 saturated heterocycles. The number of ether oxygens (including phenoxy) is 1. The summed E-state index contributed by atoms with van der Waals surface area (Å²) in [6.07, 6.45) is 1.03. The lowest BCUT2D eigenvalue weighted by molar-refractivity contribution is 0.412. The smallest absolute Gasteiger partial charge is 0.145 e. The maximum absolute atomic E-state index is 5.59. The summed E-state index contributed by atoms with van der Waals surface area (Å²) in [6, 6.07) is 0. The van der Waals surface area contributed by atoms with Crippen molar-refractivity contribution in [3.8, 4) is 5.75 Å². The Morgan fingerprint density at radius 3 is 2.37 bits per heavy atom. The fraction of sp³-hybridized carbons (Fsp3) is 0.600. The Balaban J connectivity index is 3.05. The van der Waals surface area contributed by atoms with E-state index in [-0.39, 0.29) is 0 Å². The molecular formula is C15H25BrN2O. The number of rotatable bonds is 6. The highest BCUT2D eigenvalue weighted by Crippen LogP contribution is 2.39. The maximum Gasteiger partial charge on any atom is 0.145 e. The average molecular weight is 329 g/mol. The molecule has 0 heterocycles. The summed E-state index contributed by atoms with van der Waals surface area (Å²) < 4.78 is 6.73. The predicted molar refractivity (Wildman–Crippen MR) is 86.2 cm³/mol. The molecule has 19 heavy (non-hydrogen) atoms. The van der Waals surface area contributed by atoms with E-state index in [0.717, 1.165) is 35.4 Å². The fourth-order valence-electron chi connectivity index (χ4n) is 2.21. The van der Waals surface area contributed by atoms with E-state index < -0.39 is 0 Å². The van der Waals surface area contributed by atoms with Gasteiger partial charge in [-0.1, -0.05) is 22.9 Å². The maximum atomic E-state index is 5.59. The second-order valence-corrected chi connectivity index (χ2v) is 5.95. The zero-order chi connectivity index (χ0) is 14.6. The molecule has 0 radical (unpaired) electrons. The lowest BCUT2D eigenvalue weighted by Gasteiger charge is -2.21. The van der Waals surface area contributed by atoms with E-state index in [4.69, 9.17) is 10.5 Å². The van der Waals surface area contributed by atoms with E-state index >= 15 is 0 Å². The van der Waals surface area contributed by atoms with Crippen LogP contribution in [0.5, 0.6) is 5.75 Å². The third-order valence-electron chi connectivity index (χ3n) is 3.65. The molecule has 0 aliphatic carbocycles. The molecule has 4 heteroatoms. The van der Waals surface area contributed by atoms with Gasteiger partial charge in [0, 0.05) is 11.0 Å². The molecule has 1 rings (SSSR count). The van der Waals surface area contributed by atoms with Crippen molar-refractivity contribution < 1.29 is 4.74 Å². The molecule has 0 aliphatic heterocycles. The fourth-order valence-corrected chi connectivity index (χ4v) is 2.71. The van der Waals surface area contributed by atoms with E-state index in [0.29, 0.717) is 5.92 Å². The van der Waals surface area contributed by atoms with Gasteiger partial charge in [0.15, 0.2) is 0 Å². The molecule has 0 aromatic heterocycles. The van der Waals surface area contributed by atoms with Crippen molar-refractivity contribution in [2.75, 3.05) is 25.5 Å². The third kappa shape index (κ3) is 3.63. The van der Waals surface area contributed by atoms with E-state index in [1.807, 2.05) is 0 Å². The zero-order valence-electron chi connectivity index (χ0n) is 12.6. The van der Waals surface area contributed by atoms with Crippen LogP contribution in [-0.4, -0.2) is 20.2 Å². The Morgan fingerprint density at radius 1 is 1.21 bits per heavy atom. The van der Waals surface area contributed by atoms with Gasteiger partial charge in [0.05, 0.1) is 12.8 Å². The standard InChI is InChI=1S/C15H25BrN2O/c1-9(6-7-17)8-18-14-12(4)13(16)10(2)11(3)15(14)19-5/h9,18H,6-8,17H2,1-5H3. The first-order chi connectivity index (χ1) is 8.93. The number of hydrogen-bond donors (Lipinski definition) is 2. The Hall–Kier alpha value is -0.740. The molecule has 1 unspecified atom stereocenters. The SMILES string of the molecule is COc1c(C)c(C)c(Br)c(C)c1NCC(C)CCN. The van der Waals surface area contributed by atoms with Gasteiger partial charge in [-0.25, -0.2) is 0 Å². The summed E-state index contributed by atoms with van der Waals surface area (Å²) in [5.74, 6) is 1.49. The highest BCUT2D eigenvalue weighted by Gasteiger charge is 2.16. The summed E-state index contributed by atoms with van der Waals surface area (Å²) in [5, 5.41) is 3.52. The second kappa shape index (κ2) is 7.15. The minimum atomic E-state index is 0.550. The number of methoxy groups -OCH3 is 1. The van der Waals surface area contributed by atoms with Gasteiger partial charge in [-0.05, 0) is 56.3 Å². The van der Waals surface area contributed by atoms with Crippen molar-refractivity contribution in [2.24, 2.45) is 11.7 Å². The summed E-state index contributed by atoms with van der Waals surface area (Å²) in [7, 11) is 1.73. The molecular weight excluding hydrogens is 304 g/mol. The summed E-state index contributed by atoms with van der Waals surface area (Å²) >= 11 is 3.67. The molecule has 1 aromatic carbocycles. The van der Waals surface area contributed by atoms with Gasteiger partial charge in [-0.2, -0.15) is 0 Å². The average Bonchev–Trinajstić information content (AvgIpc) is 2.39. The van der Waals surface area contributed by atoms with Crippen LogP contribution >= 0.6 is 15.9 Å². The molecule has 1 aromatic rings. The van der Waals surface area contributed by atoms with E-state index in [9.17, 15) is 0 Å². The van der Waals surface area contributed by atoms with Crippen LogP contribution in [0.25, 0.3) is 0 Å². The normalized spacial score (nSPS) is 12.4. The number of nitrogens with one attached hydrogen (secondary N) is 1. The summed E-state index contributed by atoms with van der Waals surface area (Å²) in [4.78, 5) is 0. The first-order valence-electron chi connectivity index (χ1n) is 6.71. The molecule has 0 saturated carbocycles. The van der Waals surface area contributed by atoms with Crippen LogP contribution in [0, 0.1) is 26.7 Å². The predicted octanol–water partition coefficient (Wildman–Crippen LogP) is 3.78. The Bertz CT molecular complexity index is 447. The minimum Gasteiger partial charge on any atom is -0.494 e. The highest BCUT2D eigenvalue weighted by atomic mass is 79.9. The number of benzene rings is 1. The van der Waals surface area contributed by atoms with E-state index in [2.05, 4.69) is 48.9 Å². The van der Waals surface area contributed by atoms with E-state index in [1.165, 1.54) is 16.7 Å². The second-order valence-electron chi connectivity index (χ2n) is 5.16. The Kier molecular flexibility index (Phi) is 6.14. The van der Waals surface area contributed by atoms with Crippen molar-refractivity contribution in [3.05, 3.63) is 21.2 Å². The van der Waals surface area contributed by atoms with Crippen molar-refractivity contribution in [3.63, 3.8) is 0 Å². The minimum absolute atomic E-state index is 0.550. The highest BCUT2D eigenvalue weighted by molar-refractivity contribution is 9.10. The van der Waals surface area contributed by atoms with Gasteiger partial charge in [0.2, 0.25) is 0 Å². The molecule has 3 N–H and O–H groups in total. The van der Waals surface area contributed by atoms with Gasteiger partial charge in [-0.15, -0.1) is 0 Å². The number of halogens is 1. The zero-order valence-corrected chi connectivity index (χ0v) is 14.1. The first kappa shape index (κ1) is 16.3. The van der Waals surface area contributed by atoms with Crippen LogP contribution in [0.4, 0.5) is 5.69 Å². The monoisotopic (exact) mass is 328 g/mol. The van der Waals surface area contributed by atoms with Crippen LogP contribution in [0.15, 0.2) is 4.47 Å². The van der Waals surface area contributed by atoms with Crippen molar-refractivity contribution in [1.82, 2.24) is 0 Å². The van der Waals surface area contributed by atoms with Gasteiger partial charge < -0.3 is 15.8 Å². The molecule has 0 aliphatic rings. The molecule has 0 amide bonds. The Morgan fingerprint density at radius 2 is 1.84 bits per heavy atom. The quantitative estimate of drug-likeness (QED) is 0.835. The van der Waals surface area contributed by atoms with Crippen LogP contribution in [-0.2, 0) is 0 Å². The largest absolute Gasteiger partial charge is 0.494 e. The molecule has 108 valence electrons. The lowest BCUT2D eigenvalue weighted by Crippen LogP contribution is -2.16. The summed E-state index contributed by atoms with van der Waals surface area (Å²) in [6.45, 7) is 10.1. The van der Waals surface area contributed by atoms with Crippen LogP contribution in [0.3, 0.4) is 0 Å². The third-order valence-corrected chi connectivity index (χ3v) is 4.84. The van der Waals surface area contributed by atoms with Gasteiger partial charge in [0.25, 0.3) is 0 Å². The van der Waals surface area contributed by atoms with Crippen molar-refractivity contribution >= 4 is 21.6 Å². The summed E-state index contributed by atoms with van der Waals surface area (Å²) in [5.41, 5.74) is 10.3. The molecule has 0 spiro atoms. The lowest BCUT2D eigenvalue weighted by atomic mass is 10.0. The van der Waals surface area contributed by atoms with Crippen LogP contribution in [0.2, 0.25) is 0 Å². The van der Waals surface area contributed by atoms with Crippen molar-refractivity contribution in [2.45, 2.75) is 34.1 Å². The Labute approximate surface area is 125 Å². The molecule has 3 nitrogen and oxygen atoms in total. The number of nitrogens with two attached hydrogens (primary N) is 1. The van der Waals surface area contributed by atoms with E-state index in [1.54, 1.807) is 7.11 Å². The van der Waals surface area contributed by atoms with Gasteiger partial charge in [-0.3, -0.25) is 0 Å². The molecule has 1 atom stereocenters. The van der Waals surface area contributed by atoms with Gasteiger partial charge >= 0.3 is 0 Å². The molecule has 0 fully saturated rings.